The summed E-state index contributed by atoms with van der Waals surface area (Å²) in [5.41, 5.74) is 0. The van der Waals surface area contributed by atoms with E-state index in [0.29, 0.717) is 18.8 Å². The summed E-state index contributed by atoms with van der Waals surface area (Å²) in [4.78, 5) is 0. The van der Waals surface area contributed by atoms with Gasteiger partial charge in [0.1, 0.15) is 0 Å². The van der Waals surface area contributed by atoms with Crippen LogP contribution in [0.5, 0.6) is 0 Å². The molecule has 10 heavy (non-hydrogen) atoms. The van der Waals surface area contributed by atoms with Gasteiger partial charge in [-0.25, -0.2) is 8.78 Å². The number of halogens is 2. The predicted molar refractivity (Wildman–Crippen MR) is 37.1 cm³/mol. The zero-order chi connectivity index (χ0) is 7.78. The van der Waals surface area contributed by atoms with E-state index in [4.69, 9.17) is 0 Å². The monoisotopic (exact) mass is 148 g/mol. The average molecular weight is 148 g/mol. The predicted octanol–water partition coefficient (Wildman–Crippen LogP) is 3.08. The van der Waals surface area contributed by atoms with Crippen molar-refractivity contribution in [2.75, 3.05) is 0 Å². The molecule has 0 aliphatic heterocycles. The molecule has 0 aromatic rings. The summed E-state index contributed by atoms with van der Waals surface area (Å²) in [6.45, 7) is 3.70. The van der Waals surface area contributed by atoms with Gasteiger partial charge in [-0.3, -0.25) is 0 Å². The fourth-order valence-electron chi connectivity index (χ4n) is 1.58. The molecule has 0 aromatic heterocycles. The summed E-state index contributed by atoms with van der Waals surface area (Å²) in [5, 5.41) is 0. The Kier molecular flexibility index (Phi) is 1.97. The third kappa shape index (κ3) is 1.47. The minimum atomic E-state index is -2.38. The van der Waals surface area contributed by atoms with Gasteiger partial charge in [0.2, 0.25) is 0 Å². The molecule has 2 heteroatoms. The van der Waals surface area contributed by atoms with E-state index in [1.807, 2.05) is 6.92 Å². The van der Waals surface area contributed by atoms with Gasteiger partial charge in [-0.05, 0) is 18.8 Å². The first-order chi connectivity index (χ1) is 4.52. The third-order valence-electron chi connectivity index (χ3n) is 2.45. The molecule has 2 atom stereocenters. The van der Waals surface area contributed by atoms with Crippen molar-refractivity contribution in [3.05, 3.63) is 0 Å². The molecule has 60 valence electrons. The Morgan fingerprint density at radius 1 is 1.30 bits per heavy atom. The van der Waals surface area contributed by atoms with E-state index >= 15 is 0 Å². The maximum Gasteiger partial charge on any atom is 0.250 e. The van der Waals surface area contributed by atoms with Crippen LogP contribution in [-0.4, -0.2) is 5.92 Å². The summed E-state index contributed by atoms with van der Waals surface area (Å²) in [6, 6.07) is 0. The SMILES string of the molecule is CC1CCC(F)(F)C(C)C1. The van der Waals surface area contributed by atoms with Gasteiger partial charge in [0.25, 0.3) is 5.92 Å². The van der Waals surface area contributed by atoms with Crippen molar-refractivity contribution in [1.82, 2.24) is 0 Å². The molecule has 2 unspecified atom stereocenters. The highest BCUT2D eigenvalue weighted by Gasteiger charge is 2.40. The van der Waals surface area contributed by atoms with Crippen LogP contribution < -0.4 is 0 Å². The van der Waals surface area contributed by atoms with E-state index in [9.17, 15) is 8.78 Å². The van der Waals surface area contributed by atoms with E-state index < -0.39 is 11.8 Å². The molecule has 0 saturated heterocycles. The number of hydrogen-bond acceptors (Lipinski definition) is 0. The molecule has 0 bridgehead atoms. The largest absolute Gasteiger partial charge is 0.250 e. The van der Waals surface area contributed by atoms with E-state index in [2.05, 4.69) is 0 Å². The molecule has 1 saturated carbocycles. The number of hydrogen-bond donors (Lipinski definition) is 0. The summed E-state index contributed by atoms with van der Waals surface area (Å²) >= 11 is 0. The number of rotatable bonds is 0. The van der Waals surface area contributed by atoms with E-state index in [-0.39, 0.29) is 6.42 Å². The minimum Gasteiger partial charge on any atom is -0.207 e. The Labute approximate surface area is 60.6 Å². The lowest BCUT2D eigenvalue weighted by molar-refractivity contribution is -0.0888. The first-order valence-electron chi connectivity index (χ1n) is 3.90. The van der Waals surface area contributed by atoms with Crippen molar-refractivity contribution in [2.24, 2.45) is 11.8 Å². The van der Waals surface area contributed by atoms with Gasteiger partial charge in [0.15, 0.2) is 0 Å². The van der Waals surface area contributed by atoms with Gasteiger partial charge < -0.3 is 0 Å². The van der Waals surface area contributed by atoms with Gasteiger partial charge in [-0.15, -0.1) is 0 Å². The normalized spacial score (nSPS) is 39.6. The minimum absolute atomic E-state index is 0.0926. The van der Waals surface area contributed by atoms with Crippen LogP contribution in [0.25, 0.3) is 0 Å². The molecule has 1 aliphatic rings. The maximum absolute atomic E-state index is 12.8. The summed E-state index contributed by atoms with van der Waals surface area (Å²) in [6.07, 6.45) is 1.47. The molecule has 0 radical (unpaired) electrons. The molecule has 1 fully saturated rings. The second kappa shape index (κ2) is 2.48. The zero-order valence-electron chi connectivity index (χ0n) is 6.53. The quantitative estimate of drug-likeness (QED) is 0.495. The van der Waals surface area contributed by atoms with E-state index in [1.54, 1.807) is 6.92 Å². The van der Waals surface area contributed by atoms with Crippen LogP contribution in [0.4, 0.5) is 8.78 Å². The highest BCUT2D eigenvalue weighted by atomic mass is 19.3. The Morgan fingerprint density at radius 3 is 2.30 bits per heavy atom. The molecule has 0 aromatic carbocycles. The van der Waals surface area contributed by atoms with Crippen LogP contribution >= 0.6 is 0 Å². The van der Waals surface area contributed by atoms with Crippen LogP contribution in [0.15, 0.2) is 0 Å². The van der Waals surface area contributed by atoms with Crippen molar-refractivity contribution in [1.29, 1.82) is 0 Å². The van der Waals surface area contributed by atoms with Crippen LogP contribution in [0.1, 0.15) is 33.1 Å². The van der Waals surface area contributed by atoms with E-state index in [1.165, 1.54) is 0 Å². The lowest BCUT2D eigenvalue weighted by atomic mass is 9.81. The Balaban J connectivity index is 2.52. The van der Waals surface area contributed by atoms with Gasteiger partial charge in [0, 0.05) is 12.3 Å². The fraction of sp³-hybridized carbons (Fsp3) is 1.00. The molecule has 0 N–H and O–H groups in total. The molecule has 0 heterocycles. The molecule has 0 amide bonds. The van der Waals surface area contributed by atoms with Gasteiger partial charge in [-0.2, -0.15) is 0 Å². The van der Waals surface area contributed by atoms with Gasteiger partial charge in [0.05, 0.1) is 0 Å². The first kappa shape index (κ1) is 7.96. The lowest BCUT2D eigenvalue weighted by Gasteiger charge is -2.32. The second-order valence-corrected chi connectivity index (χ2v) is 3.54. The highest BCUT2D eigenvalue weighted by molar-refractivity contribution is 4.81. The fourth-order valence-corrected chi connectivity index (χ4v) is 1.58. The average Bonchev–Trinajstić information content (AvgIpc) is 1.81. The summed E-state index contributed by atoms with van der Waals surface area (Å²) in [5.74, 6) is -2.29. The summed E-state index contributed by atoms with van der Waals surface area (Å²) in [7, 11) is 0. The van der Waals surface area contributed by atoms with E-state index in [0.717, 1.165) is 0 Å². The maximum atomic E-state index is 12.8. The van der Waals surface area contributed by atoms with Gasteiger partial charge >= 0.3 is 0 Å². The Bertz CT molecular complexity index is 120. The van der Waals surface area contributed by atoms with Crippen LogP contribution in [-0.2, 0) is 0 Å². The van der Waals surface area contributed by atoms with Crippen LogP contribution in [0, 0.1) is 11.8 Å². The van der Waals surface area contributed by atoms with Crippen LogP contribution in [0.3, 0.4) is 0 Å². The molecule has 0 spiro atoms. The van der Waals surface area contributed by atoms with Crippen LogP contribution in [0.2, 0.25) is 0 Å². The zero-order valence-corrected chi connectivity index (χ0v) is 6.53. The molecule has 1 rings (SSSR count). The smallest absolute Gasteiger partial charge is 0.207 e. The Morgan fingerprint density at radius 2 is 1.90 bits per heavy atom. The molecular weight excluding hydrogens is 134 g/mol. The molecule has 0 nitrogen and oxygen atoms in total. The number of alkyl halides is 2. The van der Waals surface area contributed by atoms with Crippen molar-refractivity contribution in [3.63, 3.8) is 0 Å². The van der Waals surface area contributed by atoms with Crippen molar-refractivity contribution < 1.29 is 8.78 Å². The highest BCUT2D eigenvalue weighted by Crippen LogP contribution is 2.40. The van der Waals surface area contributed by atoms with Gasteiger partial charge in [-0.1, -0.05) is 13.8 Å². The van der Waals surface area contributed by atoms with Crippen molar-refractivity contribution >= 4 is 0 Å². The second-order valence-electron chi connectivity index (χ2n) is 3.54. The standard InChI is InChI=1S/C8H14F2/c1-6-3-4-8(9,10)7(2)5-6/h6-7H,3-5H2,1-2H3. The molecule has 1 aliphatic carbocycles. The summed E-state index contributed by atoms with van der Waals surface area (Å²) < 4.78 is 25.5. The first-order valence-corrected chi connectivity index (χ1v) is 3.90. The van der Waals surface area contributed by atoms with Crippen molar-refractivity contribution in [2.45, 2.75) is 39.0 Å². The topological polar surface area (TPSA) is 0 Å². The Hall–Kier alpha value is -0.140. The third-order valence-corrected chi connectivity index (χ3v) is 2.45. The van der Waals surface area contributed by atoms with Crippen molar-refractivity contribution in [3.8, 4) is 0 Å². The lowest BCUT2D eigenvalue weighted by Crippen LogP contribution is -2.32. The molecular formula is C8H14F2.